The Morgan fingerprint density at radius 2 is 2.50 bits per heavy atom. The molecule has 1 aliphatic heterocycles. The maximum atomic E-state index is 5.51. The molecule has 0 bridgehead atoms. The molecular formula is C9H14N4O. The van der Waals surface area contributed by atoms with Crippen molar-refractivity contribution in [1.82, 2.24) is 9.97 Å². The zero-order valence-electron chi connectivity index (χ0n) is 8.16. The van der Waals surface area contributed by atoms with E-state index in [0.29, 0.717) is 12.0 Å². The van der Waals surface area contributed by atoms with E-state index < -0.39 is 0 Å². The molecule has 0 saturated carbocycles. The van der Waals surface area contributed by atoms with Crippen LogP contribution in [-0.4, -0.2) is 29.2 Å². The number of aryl methyl sites for hydroxylation is 1. The minimum atomic E-state index is 0.303. The van der Waals surface area contributed by atoms with Crippen molar-refractivity contribution in [2.75, 3.05) is 24.3 Å². The van der Waals surface area contributed by atoms with E-state index in [1.165, 1.54) is 0 Å². The van der Waals surface area contributed by atoms with Gasteiger partial charge in [-0.05, 0) is 13.3 Å². The standard InChI is InChI=1S/C9H14N4O/c1-6-4-11-9(10)13-8(6)12-7-2-3-14-5-7/h4,7H,2-3,5H2,1H3,(H3,10,11,12,13). The van der Waals surface area contributed by atoms with Gasteiger partial charge in [0.2, 0.25) is 5.95 Å². The first-order valence-electron chi connectivity index (χ1n) is 4.69. The molecule has 2 heterocycles. The van der Waals surface area contributed by atoms with Crippen molar-refractivity contribution in [2.24, 2.45) is 0 Å². The van der Waals surface area contributed by atoms with Crippen LogP contribution in [0.2, 0.25) is 0 Å². The van der Waals surface area contributed by atoms with Crippen LogP contribution in [0.25, 0.3) is 0 Å². The van der Waals surface area contributed by atoms with Gasteiger partial charge in [-0.25, -0.2) is 4.98 Å². The number of aromatic nitrogens is 2. The first-order valence-corrected chi connectivity index (χ1v) is 4.69. The van der Waals surface area contributed by atoms with Crippen LogP contribution >= 0.6 is 0 Å². The van der Waals surface area contributed by atoms with Crippen LogP contribution in [0.1, 0.15) is 12.0 Å². The molecule has 0 spiro atoms. The van der Waals surface area contributed by atoms with Gasteiger partial charge in [-0.1, -0.05) is 0 Å². The van der Waals surface area contributed by atoms with Gasteiger partial charge in [0, 0.05) is 18.4 Å². The highest BCUT2D eigenvalue weighted by Gasteiger charge is 2.16. The molecule has 5 heteroatoms. The molecule has 1 aliphatic rings. The van der Waals surface area contributed by atoms with Gasteiger partial charge in [0.05, 0.1) is 12.6 Å². The molecular weight excluding hydrogens is 180 g/mol. The second kappa shape index (κ2) is 3.79. The molecule has 1 aromatic rings. The van der Waals surface area contributed by atoms with E-state index in [2.05, 4.69) is 15.3 Å². The smallest absolute Gasteiger partial charge is 0.221 e. The lowest BCUT2D eigenvalue weighted by Gasteiger charge is -2.13. The molecule has 1 aromatic heterocycles. The molecule has 76 valence electrons. The summed E-state index contributed by atoms with van der Waals surface area (Å²) in [5, 5.41) is 3.29. The van der Waals surface area contributed by atoms with E-state index in [9.17, 15) is 0 Å². The lowest BCUT2D eigenvalue weighted by atomic mass is 10.2. The number of nitrogens with two attached hydrogens (primary N) is 1. The number of nitrogen functional groups attached to an aromatic ring is 1. The predicted octanol–water partition coefficient (Wildman–Crippen LogP) is 0.568. The van der Waals surface area contributed by atoms with E-state index in [1.54, 1.807) is 6.20 Å². The normalized spacial score (nSPS) is 21.1. The van der Waals surface area contributed by atoms with Gasteiger partial charge in [0.15, 0.2) is 0 Å². The Bertz CT molecular complexity index is 323. The first-order chi connectivity index (χ1) is 6.75. The first kappa shape index (κ1) is 9.21. The van der Waals surface area contributed by atoms with E-state index in [-0.39, 0.29) is 0 Å². The second-order valence-electron chi connectivity index (χ2n) is 3.46. The minimum absolute atomic E-state index is 0.303. The molecule has 1 fully saturated rings. The van der Waals surface area contributed by atoms with Crippen LogP contribution in [0.4, 0.5) is 11.8 Å². The molecule has 1 unspecified atom stereocenters. The largest absolute Gasteiger partial charge is 0.379 e. The van der Waals surface area contributed by atoms with E-state index in [1.807, 2.05) is 6.92 Å². The van der Waals surface area contributed by atoms with Gasteiger partial charge in [0.25, 0.3) is 0 Å². The van der Waals surface area contributed by atoms with Crippen molar-refractivity contribution in [3.8, 4) is 0 Å². The van der Waals surface area contributed by atoms with Crippen LogP contribution in [0.5, 0.6) is 0 Å². The zero-order valence-corrected chi connectivity index (χ0v) is 8.16. The van der Waals surface area contributed by atoms with Crippen LogP contribution < -0.4 is 11.1 Å². The van der Waals surface area contributed by atoms with Crippen molar-refractivity contribution < 1.29 is 4.74 Å². The Labute approximate surface area is 82.7 Å². The van der Waals surface area contributed by atoms with Crippen molar-refractivity contribution in [1.29, 1.82) is 0 Å². The summed E-state index contributed by atoms with van der Waals surface area (Å²) in [7, 11) is 0. The summed E-state index contributed by atoms with van der Waals surface area (Å²) in [6.07, 6.45) is 2.74. The Kier molecular flexibility index (Phi) is 2.49. The topological polar surface area (TPSA) is 73.1 Å². The lowest BCUT2D eigenvalue weighted by molar-refractivity contribution is 0.195. The number of rotatable bonds is 2. The fourth-order valence-electron chi connectivity index (χ4n) is 1.44. The number of anilines is 2. The number of hydrogen-bond donors (Lipinski definition) is 2. The maximum absolute atomic E-state index is 5.51. The summed E-state index contributed by atoms with van der Waals surface area (Å²) >= 11 is 0. The van der Waals surface area contributed by atoms with Crippen LogP contribution in [0.15, 0.2) is 6.20 Å². The van der Waals surface area contributed by atoms with Crippen LogP contribution in [-0.2, 0) is 4.74 Å². The Balaban J connectivity index is 2.10. The highest BCUT2D eigenvalue weighted by Crippen LogP contribution is 2.15. The highest BCUT2D eigenvalue weighted by atomic mass is 16.5. The van der Waals surface area contributed by atoms with Gasteiger partial charge in [0.1, 0.15) is 5.82 Å². The number of hydrogen-bond acceptors (Lipinski definition) is 5. The molecule has 3 N–H and O–H groups in total. The van der Waals surface area contributed by atoms with Crippen molar-refractivity contribution in [2.45, 2.75) is 19.4 Å². The molecule has 0 amide bonds. The van der Waals surface area contributed by atoms with Gasteiger partial charge in [-0.15, -0.1) is 0 Å². The summed E-state index contributed by atoms with van der Waals surface area (Å²) in [6, 6.07) is 0.350. The molecule has 0 aromatic carbocycles. The quantitative estimate of drug-likeness (QED) is 0.720. The zero-order chi connectivity index (χ0) is 9.97. The Morgan fingerprint density at radius 1 is 1.64 bits per heavy atom. The summed E-state index contributed by atoms with van der Waals surface area (Å²) < 4.78 is 5.26. The fraction of sp³-hybridized carbons (Fsp3) is 0.556. The lowest BCUT2D eigenvalue weighted by Crippen LogP contribution is -2.20. The molecule has 14 heavy (non-hydrogen) atoms. The van der Waals surface area contributed by atoms with E-state index in [0.717, 1.165) is 31.0 Å². The van der Waals surface area contributed by atoms with E-state index in [4.69, 9.17) is 10.5 Å². The summed E-state index contributed by atoms with van der Waals surface area (Å²) in [4.78, 5) is 8.05. The average Bonchev–Trinajstić information content (AvgIpc) is 2.64. The molecule has 1 atom stereocenters. The summed E-state index contributed by atoms with van der Waals surface area (Å²) in [5.41, 5.74) is 6.51. The number of ether oxygens (including phenoxy) is 1. The third-order valence-electron chi connectivity index (χ3n) is 2.26. The molecule has 2 rings (SSSR count). The third-order valence-corrected chi connectivity index (χ3v) is 2.26. The van der Waals surface area contributed by atoms with Crippen LogP contribution in [0, 0.1) is 6.92 Å². The van der Waals surface area contributed by atoms with E-state index >= 15 is 0 Å². The molecule has 0 radical (unpaired) electrons. The number of nitrogens with one attached hydrogen (secondary N) is 1. The SMILES string of the molecule is Cc1cnc(N)nc1NC1CCOC1. The molecule has 0 aliphatic carbocycles. The van der Waals surface area contributed by atoms with Gasteiger partial charge in [-0.3, -0.25) is 0 Å². The third kappa shape index (κ3) is 1.93. The molecule has 1 saturated heterocycles. The summed E-state index contributed by atoms with van der Waals surface area (Å²) in [5.74, 6) is 1.12. The van der Waals surface area contributed by atoms with Crippen molar-refractivity contribution >= 4 is 11.8 Å². The average molecular weight is 194 g/mol. The van der Waals surface area contributed by atoms with Crippen molar-refractivity contribution in [3.63, 3.8) is 0 Å². The Morgan fingerprint density at radius 3 is 3.21 bits per heavy atom. The number of nitrogens with zero attached hydrogens (tertiary/aromatic N) is 2. The Hall–Kier alpha value is -1.36. The molecule has 5 nitrogen and oxygen atoms in total. The van der Waals surface area contributed by atoms with Crippen LogP contribution in [0.3, 0.4) is 0 Å². The monoisotopic (exact) mass is 194 g/mol. The fourth-order valence-corrected chi connectivity index (χ4v) is 1.44. The maximum Gasteiger partial charge on any atom is 0.221 e. The van der Waals surface area contributed by atoms with Gasteiger partial charge >= 0.3 is 0 Å². The highest BCUT2D eigenvalue weighted by molar-refractivity contribution is 5.45. The van der Waals surface area contributed by atoms with Gasteiger partial charge < -0.3 is 15.8 Å². The second-order valence-corrected chi connectivity index (χ2v) is 3.46. The predicted molar refractivity (Wildman–Crippen MR) is 54.0 cm³/mol. The van der Waals surface area contributed by atoms with Gasteiger partial charge in [-0.2, -0.15) is 4.98 Å². The van der Waals surface area contributed by atoms with Crippen molar-refractivity contribution in [3.05, 3.63) is 11.8 Å². The minimum Gasteiger partial charge on any atom is -0.379 e. The summed E-state index contributed by atoms with van der Waals surface area (Å²) in [6.45, 7) is 3.51.